The molecule has 2 N–H and O–H groups in total. The van der Waals surface area contributed by atoms with E-state index in [1.54, 1.807) is 12.1 Å². The molecule has 2 aliphatic rings. The van der Waals surface area contributed by atoms with E-state index in [2.05, 4.69) is 11.8 Å². The van der Waals surface area contributed by atoms with Gasteiger partial charge in [-0.15, -0.1) is 0 Å². The standard InChI is InChI=1S/C22H28N2O4S/c1-24(18-8-3-2-4-9-18)16-17-7-5-6-10-20(17)23-29(25,26)19-11-12-21-22(15-19)28-14-13-27-21/h5-7,10-12,15,18,23H,2-4,8-9,13-14,16H2,1H3/p+1. The van der Waals surface area contributed by atoms with E-state index < -0.39 is 10.0 Å². The molecular formula is C22H29N2O4S+. The molecule has 2 aromatic carbocycles. The normalized spacial score (nSPS) is 18.2. The Labute approximate surface area is 172 Å². The molecule has 0 saturated heterocycles. The fourth-order valence-electron chi connectivity index (χ4n) is 4.21. The molecule has 1 heterocycles. The van der Waals surface area contributed by atoms with Crippen molar-refractivity contribution in [1.82, 2.24) is 0 Å². The Hall–Kier alpha value is -2.25. The fourth-order valence-corrected chi connectivity index (χ4v) is 5.32. The van der Waals surface area contributed by atoms with Crippen molar-refractivity contribution in [3.05, 3.63) is 48.0 Å². The number of benzene rings is 2. The zero-order valence-electron chi connectivity index (χ0n) is 16.8. The van der Waals surface area contributed by atoms with Gasteiger partial charge in [0.15, 0.2) is 11.5 Å². The SMILES string of the molecule is C[NH+](Cc1ccccc1NS(=O)(=O)c1ccc2c(c1)OCCO2)C1CCCCC1. The second kappa shape index (κ2) is 8.63. The number of quaternary nitrogens is 1. The van der Waals surface area contributed by atoms with Gasteiger partial charge in [-0.1, -0.05) is 24.6 Å². The fraction of sp³-hybridized carbons (Fsp3) is 0.455. The number of anilines is 1. The minimum atomic E-state index is -3.72. The molecule has 2 aromatic rings. The molecule has 0 spiro atoms. The minimum Gasteiger partial charge on any atom is -0.486 e. The van der Waals surface area contributed by atoms with Gasteiger partial charge in [0, 0.05) is 11.6 Å². The van der Waals surface area contributed by atoms with E-state index in [1.807, 2.05) is 24.3 Å². The van der Waals surface area contributed by atoms with Gasteiger partial charge in [0.25, 0.3) is 10.0 Å². The van der Waals surface area contributed by atoms with Crippen molar-refractivity contribution in [1.29, 1.82) is 0 Å². The van der Waals surface area contributed by atoms with Crippen LogP contribution in [0.3, 0.4) is 0 Å². The third kappa shape index (κ3) is 4.67. The lowest BCUT2D eigenvalue weighted by Crippen LogP contribution is -3.11. The summed E-state index contributed by atoms with van der Waals surface area (Å²) in [6.07, 6.45) is 6.41. The summed E-state index contributed by atoms with van der Waals surface area (Å²) in [5.74, 6) is 1.04. The smallest absolute Gasteiger partial charge is 0.262 e. The predicted octanol–water partition coefficient (Wildman–Crippen LogP) is 2.61. The molecule has 0 amide bonds. The van der Waals surface area contributed by atoms with E-state index in [1.165, 1.54) is 43.1 Å². The summed E-state index contributed by atoms with van der Waals surface area (Å²) in [6.45, 7) is 1.69. The van der Waals surface area contributed by atoms with Crippen LogP contribution in [0.4, 0.5) is 5.69 Å². The van der Waals surface area contributed by atoms with E-state index in [4.69, 9.17) is 9.47 Å². The predicted molar refractivity (Wildman–Crippen MR) is 112 cm³/mol. The maximum absolute atomic E-state index is 13.0. The number of rotatable bonds is 6. The summed E-state index contributed by atoms with van der Waals surface area (Å²) in [6, 6.07) is 13.0. The summed E-state index contributed by atoms with van der Waals surface area (Å²) in [4.78, 5) is 1.61. The number of ether oxygens (including phenoxy) is 2. The lowest BCUT2D eigenvalue weighted by molar-refractivity contribution is -0.921. The Balaban J connectivity index is 1.53. The average Bonchev–Trinajstić information content (AvgIpc) is 2.75. The van der Waals surface area contributed by atoms with E-state index >= 15 is 0 Å². The van der Waals surface area contributed by atoms with Crippen LogP contribution >= 0.6 is 0 Å². The molecule has 4 rings (SSSR count). The van der Waals surface area contributed by atoms with Crippen molar-refractivity contribution in [2.75, 3.05) is 25.0 Å². The molecule has 1 aliphatic heterocycles. The first kappa shape index (κ1) is 20.0. The largest absolute Gasteiger partial charge is 0.486 e. The lowest BCUT2D eigenvalue weighted by Gasteiger charge is -2.28. The quantitative estimate of drug-likeness (QED) is 0.758. The van der Waals surface area contributed by atoms with Crippen molar-refractivity contribution >= 4 is 15.7 Å². The molecule has 1 saturated carbocycles. The average molecular weight is 418 g/mol. The Morgan fingerprint density at radius 2 is 1.72 bits per heavy atom. The van der Waals surface area contributed by atoms with Crippen LogP contribution in [0, 0.1) is 0 Å². The zero-order valence-corrected chi connectivity index (χ0v) is 17.6. The maximum atomic E-state index is 13.0. The zero-order chi connectivity index (χ0) is 20.3. The minimum absolute atomic E-state index is 0.171. The van der Waals surface area contributed by atoms with Gasteiger partial charge in [-0.3, -0.25) is 4.72 Å². The Kier molecular flexibility index (Phi) is 5.96. The van der Waals surface area contributed by atoms with Crippen LogP contribution in [0.1, 0.15) is 37.7 Å². The van der Waals surface area contributed by atoms with Gasteiger partial charge in [0.05, 0.1) is 23.7 Å². The topological polar surface area (TPSA) is 69.1 Å². The first-order valence-corrected chi connectivity index (χ1v) is 11.8. The number of para-hydroxylation sites is 1. The molecule has 1 aliphatic carbocycles. The van der Waals surface area contributed by atoms with Gasteiger partial charge >= 0.3 is 0 Å². The number of fused-ring (bicyclic) bond motifs is 1. The summed E-state index contributed by atoms with van der Waals surface area (Å²) in [5.41, 5.74) is 1.65. The van der Waals surface area contributed by atoms with Crippen LogP contribution in [-0.2, 0) is 16.6 Å². The van der Waals surface area contributed by atoms with Gasteiger partial charge < -0.3 is 14.4 Å². The third-order valence-corrected chi connectivity index (χ3v) is 7.22. The van der Waals surface area contributed by atoms with Crippen molar-refractivity contribution in [2.45, 2.75) is 49.6 Å². The highest BCUT2D eigenvalue weighted by atomic mass is 32.2. The van der Waals surface area contributed by atoms with Gasteiger partial charge in [-0.25, -0.2) is 8.42 Å². The molecule has 6 nitrogen and oxygen atoms in total. The van der Waals surface area contributed by atoms with Crippen molar-refractivity contribution < 1.29 is 22.8 Å². The van der Waals surface area contributed by atoms with Gasteiger partial charge in [-0.05, 0) is 43.9 Å². The van der Waals surface area contributed by atoms with Gasteiger partial charge in [0.2, 0.25) is 0 Å². The summed E-state index contributed by atoms with van der Waals surface area (Å²) >= 11 is 0. The highest BCUT2D eigenvalue weighted by Gasteiger charge is 2.24. The van der Waals surface area contributed by atoms with Crippen LogP contribution < -0.4 is 19.1 Å². The van der Waals surface area contributed by atoms with Crippen LogP contribution in [-0.4, -0.2) is 34.7 Å². The Morgan fingerprint density at radius 1 is 1.00 bits per heavy atom. The van der Waals surface area contributed by atoms with Crippen molar-refractivity contribution in [3.63, 3.8) is 0 Å². The monoisotopic (exact) mass is 417 g/mol. The molecule has 156 valence electrons. The maximum Gasteiger partial charge on any atom is 0.262 e. The first-order valence-electron chi connectivity index (χ1n) is 10.4. The third-order valence-electron chi connectivity index (χ3n) is 5.86. The number of sulfonamides is 1. The summed E-state index contributed by atoms with van der Waals surface area (Å²) in [5, 5.41) is 0. The Morgan fingerprint density at radius 3 is 2.52 bits per heavy atom. The second-order valence-corrected chi connectivity index (χ2v) is 9.61. The van der Waals surface area contributed by atoms with Gasteiger partial charge in [0.1, 0.15) is 19.8 Å². The summed E-state index contributed by atoms with van der Waals surface area (Å²) < 4.78 is 39.8. The van der Waals surface area contributed by atoms with E-state index in [0.29, 0.717) is 36.4 Å². The van der Waals surface area contributed by atoms with Crippen molar-refractivity contribution in [2.24, 2.45) is 0 Å². The second-order valence-electron chi connectivity index (χ2n) is 7.93. The van der Waals surface area contributed by atoms with Crippen LogP contribution in [0.25, 0.3) is 0 Å². The van der Waals surface area contributed by atoms with E-state index in [0.717, 1.165) is 12.1 Å². The number of hydrogen-bond donors (Lipinski definition) is 2. The molecule has 1 unspecified atom stereocenters. The molecule has 7 heteroatoms. The highest BCUT2D eigenvalue weighted by Crippen LogP contribution is 2.33. The number of nitrogens with one attached hydrogen (secondary N) is 2. The molecule has 29 heavy (non-hydrogen) atoms. The van der Waals surface area contributed by atoms with Crippen molar-refractivity contribution in [3.8, 4) is 11.5 Å². The van der Waals surface area contributed by atoms with E-state index in [9.17, 15) is 8.42 Å². The molecule has 1 atom stereocenters. The molecule has 0 bridgehead atoms. The molecule has 0 radical (unpaired) electrons. The lowest BCUT2D eigenvalue weighted by atomic mass is 9.94. The molecular weight excluding hydrogens is 388 g/mol. The highest BCUT2D eigenvalue weighted by molar-refractivity contribution is 7.92. The Bertz CT molecular complexity index is 955. The van der Waals surface area contributed by atoms with Gasteiger partial charge in [-0.2, -0.15) is 0 Å². The number of hydrogen-bond acceptors (Lipinski definition) is 4. The van der Waals surface area contributed by atoms with E-state index in [-0.39, 0.29) is 4.90 Å². The van der Waals surface area contributed by atoms with Crippen LogP contribution in [0.15, 0.2) is 47.4 Å². The summed E-state index contributed by atoms with van der Waals surface area (Å²) in [7, 11) is -1.51. The molecule has 0 aromatic heterocycles. The van der Waals surface area contributed by atoms with Crippen LogP contribution in [0.5, 0.6) is 11.5 Å². The van der Waals surface area contributed by atoms with Crippen LogP contribution in [0.2, 0.25) is 0 Å². The first-order chi connectivity index (χ1) is 14.0. The molecule has 1 fully saturated rings.